The molecule has 0 N–H and O–H groups in total. The third-order valence-corrected chi connectivity index (χ3v) is 4.23. The van der Waals surface area contributed by atoms with Gasteiger partial charge in [0.2, 0.25) is 0 Å². The van der Waals surface area contributed by atoms with Gasteiger partial charge in [0, 0.05) is 12.3 Å². The van der Waals surface area contributed by atoms with E-state index in [-0.39, 0.29) is 0 Å². The van der Waals surface area contributed by atoms with Crippen molar-refractivity contribution in [2.75, 3.05) is 0 Å². The van der Waals surface area contributed by atoms with Crippen molar-refractivity contribution >= 4 is 5.78 Å². The number of carbonyl (C=O) groups excluding carboxylic acids is 1. The maximum absolute atomic E-state index is 11.6. The van der Waals surface area contributed by atoms with Crippen LogP contribution in [0.4, 0.5) is 0 Å². The van der Waals surface area contributed by atoms with Gasteiger partial charge in [-0.05, 0) is 23.7 Å². The molecule has 2 rings (SSSR count). The van der Waals surface area contributed by atoms with Crippen molar-refractivity contribution in [2.45, 2.75) is 40.0 Å². The van der Waals surface area contributed by atoms with Crippen LogP contribution in [0, 0.1) is 23.2 Å². The molecule has 2 bridgehead atoms. The second-order valence-corrected chi connectivity index (χ2v) is 5.07. The number of carbonyl (C=O) groups is 1. The smallest absolute Gasteiger partial charge is 0.137 e. The quantitative estimate of drug-likeness (QED) is 0.585. The molecule has 2 fully saturated rings. The lowest BCUT2D eigenvalue weighted by Gasteiger charge is -2.24. The summed E-state index contributed by atoms with van der Waals surface area (Å²) < 4.78 is 0. The Morgan fingerprint density at radius 3 is 2.50 bits per heavy atom. The first-order chi connectivity index (χ1) is 5.57. The zero-order valence-electron chi connectivity index (χ0n) is 8.26. The predicted molar refractivity (Wildman–Crippen MR) is 48.8 cm³/mol. The zero-order chi connectivity index (χ0) is 8.93. The molecule has 2 saturated carbocycles. The standard InChI is InChI=1S/C11H18O/c1-4-7-5-8-6-9(12)10(7)11(8,2)3/h7-8,10H,4-6H2,1-3H3. The molecule has 2 aliphatic rings. The van der Waals surface area contributed by atoms with Gasteiger partial charge >= 0.3 is 0 Å². The van der Waals surface area contributed by atoms with Crippen molar-refractivity contribution in [2.24, 2.45) is 23.2 Å². The largest absolute Gasteiger partial charge is 0.299 e. The minimum absolute atomic E-state index is 0.317. The monoisotopic (exact) mass is 166 g/mol. The minimum atomic E-state index is 0.317. The van der Waals surface area contributed by atoms with Gasteiger partial charge in [-0.15, -0.1) is 0 Å². The molecule has 0 aromatic heterocycles. The van der Waals surface area contributed by atoms with Crippen LogP contribution in [-0.4, -0.2) is 5.78 Å². The Kier molecular flexibility index (Phi) is 1.61. The van der Waals surface area contributed by atoms with Crippen LogP contribution < -0.4 is 0 Å². The molecular weight excluding hydrogens is 148 g/mol. The summed E-state index contributed by atoms with van der Waals surface area (Å²) >= 11 is 0. The molecule has 1 nitrogen and oxygen atoms in total. The van der Waals surface area contributed by atoms with Crippen molar-refractivity contribution in [3.05, 3.63) is 0 Å². The lowest BCUT2D eigenvalue weighted by Crippen LogP contribution is -2.24. The summed E-state index contributed by atoms with van der Waals surface area (Å²) in [4.78, 5) is 11.6. The fourth-order valence-corrected chi connectivity index (χ4v) is 3.46. The van der Waals surface area contributed by atoms with Gasteiger partial charge in [0.15, 0.2) is 0 Å². The van der Waals surface area contributed by atoms with Crippen LogP contribution in [0.25, 0.3) is 0 Å². The Morgan fingerprint density at radius 2 is 2.17 bits per heavy atom. The highest BCUT2D eigenvalue weighted by atomic mass is 16.1. The first-order valence-electron chi connectivity index (χ1n) is 5.10. The summed E-state index contributed by atoms with van der Waals surface area (Å²) in [5.74, 6) is 2.34. The highest BCUT2D eigenvalue weighted by Gasteiger charge is 2.57. The molecule has 0 aliphatic heterocycles. The van der Waals surface area contributed by atoms with Crippen LogP contribution in [-0.2, 0) is 4.79 Å². The Morgan fingerprint density at radius 1 is 1.50 bits per heavy atom. The predicted octanol–water partition coefficient (Wildman–Crippen LogP) is 2.65. The van der Waals surface area contributed by atoms with Gasteiger partial charge in [0.1, 0.15) is 5.78 Å². The van der Waals surface area contributed by atoms with Crippen LogP contribution in [0.1, 0.15) is 40.0 Å². The zero-order valence-corrected chi connectivity index (χ0v) is 8.26. The Balaban J connectivity index is 2.30. The molecule has 0 amide bonds. The number of fused-ring (bicyclic) bond motifs is 2. The molecule has 3 atom stereocenters. The van der Waals surface area contributed by atoms with Gasteiger partial charge in [-0.3, -0.25) is 4.79 Å². The van der Waals surface area contributed by atoms with Crippen LogP contribution in [0.2, 0.25) is 0 Å². The molecule has 1 heteroatoms. The van der Waals surface area contributed by atoms with Crippen LogP contribution in [0.3, 0.4) is 0 Å². The summed E-state index contributed by atoms with van der Waals surface area (Å²) in [5.41, 5.74) is 0.317. The highest BCUT2D eigenvalue weighted by Crippen LogP contribution is 2.59. The van der Waals surface area contributed by atoms with E-state index < -0.39 is 0 Å². The molecule has 3 unspecified atom stereocenters. The van der Waals surface area contributed by atoms with Crippen molar-refractivity contribution in [1.82, 2.24) is 0 Å². The Labute approximate surface area is 74.5 Å². The van der Waals surface area contributed by atoms with Crippen molar-refractivity contribution in [3.63, 3.8) is 0 Å². The number of hydrogen-bond donors (Lipinski definition) is 0. The lowest BCUT2D eigenvalue weighted by atomic mass is 9.79. The van der Waals surface area contributed by atoms with Crippen LogP contribution in [0.5, 0.6) is 0 Å². The van der Waals surface area contributed by atoms with Gasteiger partial charge < -0.3 is 0 Å². The molecule has 2 aliphatic carbocycles. The summed E-state index contributed by atoms with van der Waals surface area (Å²) in [6.07, 6.45) is 3.37. The first kappa shape index (κ1) is 8.28. The van der Waals surface area contributed by atoms with Crippen LogP contribution in [0.15, 0.2) is 0 Å². The number of Topliss-reactive ketones (excluding diaryl/α,β-unsaturated/α-hetero) is 1. The molecule has 0 saturated heterocycles. The van der Waals surface area contributed by atoms with Gasteiger partial charge in [0.25, 0.3) is 0 Å². The van der Waals surface area contributed by atoms with E-state index in [0.717, 1.165) is 6.42 Å². The molecule has 12 heavy (non-hydrogen) atoms. The SMILES string of the molecule is CCC1CC2CC(=O)C1C2(C)C. The molecule has 0 spiro atoms. The minimum Gasteiger partial charge on any atom is -0.299 e. The highest BCUT2D eigenvalue weighted by molar-refractivity contribution is 5.86. The van der Waals surface area contributed by atoms with E-state index in [4.69, 9.17) is 0 Å². The van der Waals surface area contributed by atoms with Crippen molar-refractivity contribution in [3.8, 4) is 0 Å². The third kappa shape index (κ3) is 0.826. The maximum Gasteiger partial charge on any atom is 0.137 e. The van der Waals surface area contributed by atoms with Gasteiger partial charge in [0.05, 0.1) is 0 Å². The Bertz CT molecular complexity index is 217. The maximum atomic E-state index is 11.6. The van der Waals surface area contributed by atoms with Gasteiger partial charge in [-0.2, -0.15) is 0 Å². The first-order valence-corrected chi connectivity index (χ1v) is 5.10. The van der Waals surface area contributed by atoms with E-state index in [9.17, 15) is 4.79 Å². The summed E-state index contributed by atoms with van der Waals surface area (Å²) in [6, 6.07) is 0. The van der Waals surface area contributed by atoms with E-state index in [0.29, 0.717) is 29.0 Å². The average molecular weight is 166 g/mol. The van der Waals surface area contributed by atoms with E-state index in [1.807, 2.05) is 0 Å². The fraction of sp³-hybridized carbons (Fsp3) is 0.909. The van der Waals surface area contributed by atoms with E-state index in [2.05, 4.69) is 20.8 Å². The number of hydrogen-bond acceptors (Lipinski definition) is 1. The summed E-state index contributed by atoms with van der Waals surface area (Å²) in [7, 11) is 0. The van der Waals surface area contributed by atoms with Gasteiger partial charge in [-0.1, -0.05) is 27.2 Å². The second kappa shape index (κ2) is 2.34. The van der Waals surface area contributed by atoms with Crippen molar-refractivity contribution < 1.29 is 4.79 Å². The molecule has 68 valence electrons. The average Bonchev–Trinajstić information content (AvgIpc) is 2.35. The molecule has 0 aromatic rings. The number of ketones is 1. The lowest BCUT2D eigenvalue weighted by molar-refractivity contribution is -0.124. The molecule has 0 aromatic carbocycles. The van der Waals surface area contributed by atoms with Crippen LogP contribution >= 0.6 is 0 Å². The van der Waals surface area contributed by atoms with E-state index in [1.54, 1.807) is 0 Å². The molecule has 0 radical (unpaired) electrons. The molecule has 0 heterocycles. The molecular formula is C11H18O. The summed E-state index contributed by atoms with van der Waals surface area (Å²) in [5, 5.41) is 0. The van der Waals surface area contributed by atoms with Gasteiger partial charge in [-0.25, -0.2) is 0 Å². The van der Waals surface area contributed by atoms with Crippen molar-refractivity contribution in [1.29, 1.82) is 0 Å². The normalized spacial score (nSPS) is 43.9. The Hall–Kier alpha value is -0.330. The fourth-order valence-electron chi connectivity index (χ4n) is 3.46. The summed E-state index contributed by atoms with van der Waals surface area (Å²) in [6.45, 7) is 6.78. The number of rotatable bonds is 1. The second-order valence-electron chi connectivity index (χ2n) is 5.07. The van der Waals surface area contributed by atoms with E-state index >= 15 is 0 Å². The third-order valence-electron chi connectivity index (χ3n) is 4.23. The topological polar surface area (TPSA) is 17.1 Å². The van der Waals surface area contributed by atoms with E-state index in [1.165, 1.54) is 12.8 Å².